The van der Waals surface area contributed by atoms with Crippen molar-refractivity contribution in [3.8, 4) is 0 Å². The van der Waals surface area contributed by atoms with Crippen molar-refractivity contribution in [2.45, 2.75) is 12.8 Å². The van der Waals surface area contributed by atoms with Gasteiger partial charge < -0.3 is 16.0 Å². The monoisotopic (exact) mass is 374 g/mol. The van der Waals surface area contributed by atoms with Crippen molar-refractivity contribution in [1.29, 1.82) is 0 Å². The standard InChI is InChI=1S/C14H18N6O2.2ClH/c15-7-12(21)20-5-2-9(3-6-20)14(22)18-11-1-4-16-13-10(11)8-17-19-13;;/h1,4,8-9H,2-3,5-7,15H2,(H2,16,17,18,19,22);2*1H. The lowest BCUT2D eigenvalue weighted by Gasteiger charge is -2.31. The Morgan fingerprint density at radius 1 is 1.33 bits per heavy atom. The number of likely N-dealkylation sites (tertiary alicyclic amines) is 1. The number of carbonyl (C=O) groups excluding carboxylic acids is 2. The second-order valence-corrected chi connectivity index (χ2v) is 5.34. The van der Waals surface area contributed by atoms with Crippen LogP contribution in [0.2, 0.25) is 0 Å². The zero-order valence-electron chi connectivity index (χ0n) is 12.9. The molecule has 2 aromatic heterocycles. The van der Waals surface area contributed by atoms with Crippen molar-refractivity contribution in [1.82, 2.24) is 20.1 Å². The Balaban J connectivity index is 0.00000144. The predicted molar refractivity (Wildman–Crippen MR) is 95.4 cm³/mol. The number of carbonyl (C=O) groups is 2. The average molecular weight is 375 g/mol. The van der Waals surface area contributed by atoms with E-state index in [-0.39, 0.29) is 49.1 Å². The Bertz CT molecular complexity index is 699. The number of rotatable bonds is 3. The fourth-order valence-electron chi connectivity index (χ4n) is 2.71. The molecule has 0 spiro atoms. The lowest BCUT2D eigenvalue weighted by atomic mass is 9.95. The number of anilines is 1. The molecule has 2 aromatic rings. The Kier molecular flexibility index (Phi) is 7.40. The third kappa shape index (κ3) is 4.14. The van der Waals surface area contributed by atoms with Gasteiger partial charge in [0.15, 0.2) is 5.65 Å². The highest BCUT2D eigenvalue weighted by atomic mass is 35.5. The van der Waals surface area contributed by atoms with Crippen LogP contribution in [0.15, 0.2) is 18.5 Å². The first-order valence-electron chi connectivity index (χ1n) is 7.26. The first-order chi connectivity index (χ1) is 10.7. The fraction of sp³-hybridized carbons (Fsp3) is 0.429. The number of nitrogens with zero attached hydrogens (tertiary/aromatic N) is 3. The van der Waals surface area contributed by atoms with Crippen molar-refractivity contribution in [2.75, 3.05) is 25.0 Å². The van der Waals surface area contributed by atoms with Gasteiger partial charge in [-0.05, 0) is 18.9 Å². The van der Waals surface area contributed by atoms with Gasteiger partial charge in [0.05, 0.1) is 23.8 Å². The van der Waals surface area contributed by atoms with E-state index in [1.165, 1.54) is 0 Å². The van der Waals surface area contributed by atoms with E-state index >= 15 is 0 Å². The van der Waals surface area contributed by atoms with E-state index in [1.807, 2.05) is 0 Å². The van der Waals surface area contributed by atoms with E-state index in [0.717, 1.165) is 5.39 Å². The van der Waals surface area contributed by atoms with Gasteiger partial charge in [0.1, 0.15) is 0 Å². The Morgan fingerprint density at radius 3 is 2.71 bits per heavy atom. The van der Waals surface area contributed by atoms with E-state index in [0.29, 0.717) is 37.3 Å². The number of aromatic amines is 1. The highest BCUT2D eigenvalue weighted by molar-refractivity contribution is 6.00. The Morgan fingerprint density at radius 2 is 2.04 bits per heavy atom. The number of halogens is 2. The van der Waals surface area contributed by atoms with E-state index in [4.69, 9.17) is 5.73 Å². The number of aromatic nitrogens is 3. The number of piperidine rings is 1. The SMILES string of the molecule is Cl.Cl.NCC(=O)N1CCC(C(=O)Nc2ccnc3[nH]ncc23)CC1. The van der Waals surface area contributed by atoms with Crippen LogP contribution in [0.4, 0.5) is 5.69 Å². The number of nitrogens with two attached hydrogens (primary N) is 1. The molecule has 0 saturated carbocycles. The van der Waals surface area contributed by atoms with Crippen LogP contribution in [-0.4, -0.2) is 51.5 Å². The highest BCUT2D eigenvalue weighted by Gasteiger charge is 2.27. The van der Waals surface area contributed by atoms with Gasteiger partial charge in [-0.2, -0.15) is 5.10 Å². The largest absolute Gasteiger partial charge is 0.342 e. The van der Waals surface area contributed by atoms with E-state index in [1.54, 1.807) is 23.4 Å². The molecule has 0 unspecified atom stereocenters. The highest BCUT2D eigenvalue weighted by Crippen LogP contribution is 2.23. The summed E-state index contributed by atoms with van der Waals surface area (Å²) >= 11 is 0. The maximum Gasteiger partial charge on any atom is 0.236 e. The minimum atomic E-state index is -0.100. The summed E-state index contributed by atoms with van der Waals surface area (Å²) in [6, 6.07) is 1.75. The van der Waals surface area contributed by atoms with Crippen molar-refractivity contribution >= 4 is 53.3 Å². The van der Waals surface area contributed by atoms with Gasteiger partial charge in [-0.25, -0.2) is 4.98 Å². The number of nitrogens with one attached hydrogen (secondary N) is 2. The maximum atomic E-state index is 12.4. The molecular formula is C14H20Cl2N6O2. The fourth-order valence-corrected chi connectivity index (χ4v) is 2.71. The second-order valence-electron chi connectivity index (χ2n) is 5.34. The van der Waals surface area contributed by atoms with Crippen LogP contribution in [-0.2, 0) is 9.59 Å². The minimum Gasteiger partial charge on any atom is -0.342 e. The molecule has 1 saturated heterocycles. The summed E-state index contributed by atoms with van der Waals surface area (Å²) < 4.78 is 0. The summed E-state index contributed by atoms with van der Waals surface area (Å²) in [5.41, 5.74) is 6.70. The zero-order valence-corrected chi connectivity index (χ0v) is 14.5. The quantitative estimate of drug-likeness (QED) is 0.738. The third-order valence-corrected chi connectivity index (χ3v) is 4.01. The first kappa shape index (κ1) is 20.1. The van der Waals surface area contributed by atoms with Crippen LogP contribution in [0.1, 0.15) is 12.8 Å². The molecule has 0 atom stereocenters. The molecule has 0 bridgehead atoms. The van der Waals surface area contributed by atoms with Gasteiger partial charge in [0.25, 0.3) is 0 Å². The summed E-state index contributed by atoms with van der Waals surface area (Å²) in [6.07, 6.45) is 4.56. The van der Waals surface area contributed by atoms with Gasteiger partial charge in [0.2, 0.25) is 11.8 Å². The van der Waals surface area contributed by atoms with Gasteiger partial charge in [-0.15, -0.1) is 24.8 Å². The lowest BCUT2D eigenvalue weighted by molar-refractivity contribution is -0.133. The third-order valence-electron chi connectivity index (χ3n) is 4.01. The van der Waals surface area contributed by atoms with Gasteiger partial charge >= 0.3 is 0 Å². The second kappa shape index (κ2) is 8.81. The molecule has 3 rings (SSSR count). The van der Waals surface area contributed by atoms with Crippen LogP contribution in [0, 0.1) is 5.92 Å². The molecule has 0 aromatic carbocycles. The molecular weight excluding hydrogens is 355 g/mol. The Labute approximate surface area is 151 Å². The number of pyridine rings is 1. The topological polar surface area (TPSA) is 117 Å². The average Bonchev–Trinajstić information content (AvgIpc) is 3.04. The molecule has 3 heterocycles. The molecule has 8 nitrogen and oxygen atoms in total. The normalized spacial score (nSPS) is 14.6. The first-order valence-corrected chi connectivity index (χ1v) is 7.26. The van der Waals surface area contributed by atoms with E-state index in [2.05, 4.69) is 20.5 Å². The van der Waals surface area contributed by atoms with Gasteiger partial charge in [-0.1, -0.05) is 0 Å². The number of amides is 2. The smallest absolute Gasteiger partial charge is 0.236 e. The molecule has 4 N–H and O–H groups in total. The van der Waals surface area contributed by atoms with Crippen LogP contribution < -0.4 is 11.1 Å². The van der Waals surface area contributed by atoms with Gasteiger partial charge in [0, 0.05) is 25.2 Å². The summed E-state index contributed by atoms with van der Waals surface area (Å²) in [4.78, 5) is 29.8. The summed E-state index contributed by atoms with van der Waals surface area (Å²) in [5.74, 6) is -0.196. The van der Waals surface area contributed by atoms with E-state index < -0.39 is 0 Å². The molecule has 2 amide bonds. The zero-order chi connectivity index (χ0) is 15.5. The molecule has 24 heavy (non-hydrogen) atoms. The van der Waals surface area contributed by atoms with E-state index in [9.17, 15) is 9.59 Å². The van der Waals surface area contributed by atoms with Crippen LogP contribution in [0.3, 0.4) is 0 Å². The molecule has 10 heteroatoms. The number of H-pyrrole nitrogens is 1. The summed E-state index contributed by atoms with van der Waals surface area (Å²) in [5, 5.41) is 10.4. The lowest BCUT2D eigenvalue weighted by Crippen LogP contribution is -2.43. The molecule has 1 aliphatic rings. The molecule has 1 fully saturated rings. The maximum absolute atomic E-state index is 12.4. The minimum absolute atomic E-state index is 0. The summed E-state index contributed by atoms with van der Waals surface area (Å²) in [7, 11) is 0. The number of hydrogen-bond acceptors (Lipinski definition) is 5. The van der Waals surface area contributed by atoms with Crippen LogP contribution in [0.25, 0.3) is 11.0 Å². The van der Waals surface area contributed by atoms with Gasteiger partial charge in [-0.3, -0.25) is 14.7 Å². The number of fused-ring (bicyclic) bond motifs is 1. The van der Waals surface area contributed by atoms with Crippen molar-refractivity contribution in [3.05, 3.63) is 18.5 Å². The molecule has 0 aliphatic carbocycles. The molecule has 132 valence electrons. The van der Waals surface area contributed by atoms with Crippen molar-refractivity contribution in [3.63, 3.8) is 0 Å². The van der Waals surface area contributed by atoms with Crippen molar-refractivity contribution < 1.29 is 9.59 Å². The molecule has 0 radical (unpaired) electrons. The van der Waals surface area contributed by atoms with Crippen LogP contribution >= 0.6 is 24.8 Å². The Hall–Kier alpha value is -1.90. The predicted octanol–water partition coefficient (Wildman–Crippen LogP) is 0.937. The number of hydrogen-bond donors (Lipinski definition) is 3. The summed E-state index contributed by atoms with van der Waals surface area (Å²) in [6.45, 7) is 1.17. The van der Waals surface area contributed by atoms with Crippen molar-refractivity contribution in [2.24, 2.45) is 11.7 Å². The van der Waals surface area contributed by atoms with Crippen LogP contribution in [0.5, 0.6) is 0 Å². The molecule has 1 aliphatic heterocycles.